The zero-order chi connectivity index (χ0) is 19.6. The molecule has 0 spiro atoms. The van der Waals surface area contributed by atoms with Gasteiger partial charge < -0.3 is 14.4 Å². The molecule has 0 radical (unpaired) electrons. The first kappa shape index (κ1) is 19.2. The van der Waals surface area contributed by atoms with E-state index in [2.05, 4.69) is 0 Å². The molecule has 1 heterocycles. The van der Waals surface area contributed by atoms with E-state index in [0.29, 0.717) is 33.9 Å². The molecular weight excluding hydrogens is 384 g/mol. The maximum Gasteiger partial charge on any atom is 0.281 e. The van der Waals surface area contributed by atoms with Crippen LogP contribution < -0.4 is 14.4 Å². The maximum absolute atomic E-state index is 13.0. The smallest absolute Gasteiger partial charge is 0.281 e. The molecule has 1 amide bonds. The summed E-state index contributed by atoms with van der Waals surface area (Å²) >= 11 is 11.7. The zero-order valence-electron chi connectivity index (χ0n) is 15.2. The van der Waals surface area contributed by atoms with Crippen LogP contribution in [0.1, 0.15) is 12.5 Å². The van der Waals surface area contributed by atoms with Crippen molar-refractivity contribution < 1.29 is 14.3 Å². The number of anilines is 1. The summed E-state index contributed by atoms with van der Waals surface area (Å²) in [5.74, 6) is 1.13. The van der Waals surface area contributed by atoms with Crippen molar-refractivity contribution in [3.63, 3.8) is 0 Å². The topological polar surface area (TPSA) is 42.0 Å². The Labute approximate surface area is 168 Å². The maximum atomic E-state index is 13.0. The van der Waals surface area contributed by atoms with Gasteiger partial charge in [0.05, 0.1) is 24.4 Å². The van der Waals surface area contributed by atoms with Gasteiger partial charge in [-0.2, -0.15) is 0 Å². The first-order valence-electron chi connectivity index (χ1n) is 8.36. The number of carbonyl (C=O) groups excluding carboxylic acids is 1. The van der Waals surface area contributed by atoms with E-state index in [-0.39, 0.29) is 5.91 Å². The zero-order valence-corrected chi connectivity index (χ0v) is 16.8. The molecule has 0 aliphatic carbocycles. The largest absolute Gasteiger partial charge is 0.495 e. The predicted molar refractivity (Wildman–Crippen MR) is 111 cm³/mol. The van der Waals surface area contributed by atoms with E-state index >= 15 is 0 Å². The molecule has 27 heavy (non-hydrogen) atoms. The first-order chi connectivity index (χ1) is 13.0. The molecule has 1 aliphatic heterocycles. The number of nitrogens with zero attached hydrogens (tertiary/aromatic N) is 2. The molecule has 0 N–H and O–H groups in total. The first-order valence-corrected chi connectivity index (χ1v) is 9.15. The van der Waals surface area contributed by atoms with Crippen LogP contribution in [-0.4, -0.2) is 36.7 Å². The predicted octanol–water partition coefficient (Wildman–Crippen LogP) is 4.35. The summed E-state index contributed by atoms with van der Waals surface area (Å²) in [5, 5.41) is 0.890. The highest BCUT2D eigenvalue weighted by atomic mass is 35.5. The summed E-state index contributed by atoms with van der Waals surface area (Å²) in [6.45, 7) is 2.50. The monoisotopic (exact) mass is 402 g/mol. The fourth-order valence-electron chi connectivity index (χ4n) is 2.77. The lowest BCUT2D eigenvalue weighted by molar-refractivity contribution is -0.114. The van der Waals surface area contributed by atoms with E-state index in [1.165, 1.54) is 4.90 Å². The van der Waals surface area contributed by atoms with Gasteiger partial charge in [-0.1, -0.05) is 17.7 Å². The molecular formula is C20H19ClN2O3S. The van der Waals surface area contributed by atoms with E-state index in [1.807, 2.05) is 37.3 Å². The van der Waals surface area contributed by atoms with Crippen LogP contribution in [0.3, 0.4) is 0 Å². The number of carbonyl (C=O) groups is 1. The van der Waals surface area contributed by atoms with E-state index in [4.69, 9.17) is 33.3 Å². The van der Waals surface area contributed by atoms with Crippen LogP contribution in [0, 0.1) is 0 Å². The van der Waals surface area contributed by atoms with Crippen molar-refractivity contribution in [3.8, 4) is 11.5 Å². The van der Waals surface area contributed by atoms with E-state index in [9.17, 15) is 4.79 Å². The molecule has 1 aliphatic rings. The Morgan fingerprint density at radius 3 is 2.48 bits per heavy atom. The lowest BCUT2D eigenvalue weighted by Gasteiger charge is -2.16. The Balaban J connectivity index is 1.91. The average molecular weight is 403 g/mol. The third kappa shape index (κ3) is 3.77. The average Bonchev–Trinajstić information content (AvgIpc) is 2.86. The number of thiocarbonyl (C=S) groups is 1. The number of hydrogen-bond acceptors (Lipinski definition) is 4. The van der Waals surface area contributed by atoms with Gasteiger partial charge in [-0.3, -0.25) is 9.69 Å². The number of methoxy groups -OCH3 is 1. The summed E-state index contributed by atoms with van der Waals surface area (Å²) in [7, 11) is 3.33. The molecule has 0 unspecified atom stereocenters. The molecule has 0 bridgehead atoms. The number of likely N-dealkylation sites (N-methyl/N-ethyl adjacent to an activating group) is 1. The minimum atomic E-state index is -0.196. The van der Waals surface area contributed by atoms with E-state index in [0.717, 1.165) is 11.3 Å². The Kier molecular flexibility index (Phi) is 5.68. The third-order valence-electron chi connectivity index (χ3n) is 4.15. The molecule has 5 nitrogen and oxygen atoms in total. The lowest BCUT2D eigenvalue weighted by Crippen LogP contribution is -2.31. The normalized spacial score (nSPS) is 15.6. The minimum Gasteiger partial charge on any atom is -0.495 e. The van der Waals surface area contributed by atoms with Crippen molar-refractivity contribution in [1.29, 1.82) is 0 Å². The SMILES string of the molecule is CCOc1ccc(N2C(=O)C(=Cc3ccc(OC)c(Cl)c3)N(C)C2=S)cc1. The molecule has 3 rings (SSSR count). The lowest BCUT2D eigenvalue weighted by atomic mass is 10.1. The molecule has 0 atom stereocenters. The van der Waals surface area contributed by atoms with Crippen LogP contribution in [0.5, 0.6) is 11.5 Å². The number of halogens is 1. The van der Waals surface area contributed by atoms with Crippen molar-refractivity contribution in [2.45, 2.75) is 6.92 Å². The Morgan fingerprint density at radius 2 is 1.89 bits per heavy atom. The van der Waals surface area contributed by atoms with Crippen LogP contribution in [0.25, 0.3) is 6.08 Å². The van der Waals surface area contributed by atoms with Crippen molar-refractivity contribution in [2.24, 2.45) is 0 Å². The van der Waals surface area contributed by atoms with Gasteiger partial charge >= 0.3 is 0 Å². The molecule has 2 aromatic carbocycles. The van der Waals surface area contributed by atoms with Gasteiger partial charge in [0.2, 0.25) is 0 Å². The molecule has 7 heteroatoms. The van der Waals surface area contributed by atoms with Crippen LogP contribution in [0.2, 0.25) is 5.02 Å². The van der Waals surface area contributed by atoms with Gasteiger partial charge in [0.25, 0.3) is 5.91 Å². The van der Waals surface area contributed by atoms with Gasteiger partial charge in [-0.25, -0.2) is 0 Å². The second-order valence-electron chi connectivity index (χ2n) is 5.83. The summed E-state index contributed by atoms with van der Waals surface area (Å²) in [4.78, 5) is 16.2. The van der Waals surface area contributed by atoms with Gasteiger partial charge in [0.15, 0.2) is 5.11 Å². The molecule has 0 saturated carbocycles. The van der Waals surface area contributed by atoms with Crippen LogP contribution in [0.4, 0.5) is 5.69 Å². The summed E-state index contributed by atoms with van der Waals surface area (Å²) in [5.41, 5.74) is 1.94. The second kappa shape index (κ2) is 7.98. The fourth-order valence-corrected chi connectivity index (χ4v) is 3.33. The molecule has 140 valence electrons. The van der Waals surface area contributed by atoms with Crippen molar-refractivity contribution in [3.05, 3.63) is 58.7 Å². The van der Waals surface area contributed by atoms with Gasteiger partial charge in [-0.15, -0.1) is 0 Å². The van der Waals surface area contributed by atoms with E-state index in [1.54, 1.807) is 37.3 Å². The summed E-state index contributed by atoms with van der Waals surface area (Å²) in [6.07, 6.45) is 1.76. The number of amides is 1. The van der Waals surface area contributed by atoms with Gasteiger partial charge in [0, 0.05) is 7.05 Å². The third-order valence-corrected chi connectivity index (χ3v) is 4.90. The molecule has 2 aromatic rings. The summed E-state index contributed by atoms with van der Waals surface area (Å²) in [6, 6.07) is 12.6. The minimum absolute atomic E-state index is 0.196. The van der Waals surface area contributed by atoms with Crippen LogP contribution >= 0.6 is 23.8 Å². The highest BCUT2D eigenvalue weighted by molar-refractivity contribution is 7.80. The van der Waals surface area contributed by atoms with Crippen LogP contribution in [-0.2, 0) is 4.79 Å². The number of hydrogen-bond donors (Lipinski definition) is 0. The van der Waals surface area contributed by atoms with Gasteiger partial charge in [0.1, 0.15) is 17.2 Å². The Morgan fingerprint density at radius 1 is 1.19 bits per heavy atom. The fraction of sp³-hybridized carbons (Fsp3) is 0.200. The van der Waals surface area contributed by atoms with Crippen molar-refractivity contribution in [2.75, 3.05) is 25.7 Å². The summed E-state index contributed by atoms with van der Waals surface area (Å²) < 4.78 is 10.6. The Hall–Kier alpha value is -2.57. The molecule has 1 fully saturated rings. The quantitative estimate of drug-likeness (QED) is 0.549. The number of benzene rings is 2. The van der Waals surface area contributed by atoms with Crippen LogP contribution in [0.15, 0.2) is 48.2 Å². The van der Waals surface area contributed by atoms with Gasteiger partial charge in [-0.05, 0) is 67.2 Å². The van der Waals surface area contributed by atoms with Crippen molar-refractivity contribution >= 4 is 46.6 Å². The molecule has 1 saturated heterocycles. The van der Waals surface area contributed by atoms with Crippen molar-refractivity contribution in [1.82, 2.24) is 4.90 Å². The molecule has 0 aromatic heterocycles. The highest BCUT2D eigenvalue weighted by Crippen LogP contribution is 2.31. The number of ether oxygens (including phenoxy) is 2. The van der Waals surface area contributed by atoms with E-state index < -0.39 is 0 Å². The second-order valence-corrected chi connectivity index (χ2v) is 6.60. The number of rotatable bonds is 5. The highest BCUT2D eigenvalue weighted by Gasteiger charge is 2.36. The Bertz CT molecular complexity index is 912. The standard InChI is InChI=1S/C20H19ClN2O3S/c1-4-26-15-8-6-14(7-9-15)23-19(24)17(22(2)20(23)27)12-13-5-10-18(25-3)16(21)11-13/h5-12H,4H2,1-3H3.